The number of aromatic nitrogens is 1. The first-order chi connectivity index (χ1) is 13.6. The quantitative estimate of drug-likeness (QED) is 0.685. The predicted octanol–water partition coefficient (Wildman–Crippen LogP) is 3.88. The fourth-order valence-electron chi connectivity index (χ4n) is 3.27. The van der Waals surface area contributed by atoms with Gasteiger partial charge in [-0.05, 0) is 56.3 Å². The second kappa shape index (κ2) is 8.16. The van der Waals surface area contributed by atoms with Crippen molar-refractivity contribution in [2.24, 2.45) is 0 Å². The van der Waals surface area contributed by atoms with Crippen molar-refractivity contribution >= 4 is 44.5 Å². The Labute approximate surface area is 168 Å². The van der Waals surface area contributed by atoms with Crippen LogP contribution in [0.4, 0.5) is 17.1 Å². The molecule has 0 aliphatic carbocycles. The minimum Gasteiger partial charge on any atom is -0.378 e. The summed E-state index contributed by atoms with van der Waals surface area (Å²) >= 11 is 1.65. The van der Waals surface area contributed by atoms with Crippen molar-refractivity contribution in [3.8, 4) is 0 Å². The molecule has 3 aromatic rings. The Morgan fingerprint density at radius 3 is 2.61 bits per heavy atom. The third kappa shape index (κ3) is 4.26. The fraction of sp³-hybridized carbons (Fsp3) is 0.333. The Balaban J connectivity index is 1.36. The van der Waals surface area contributed by atoms with Crippen molar-refractivity contribution in [2.75, 3.05) is 41.8 Å². The highest BCUT2D eigenvalue weighted by Gasteiger charge is 2.15. The first-order valence-electron chi connectivity index (χ1n) is 9.46. The molecule has 1 aromatic heterocycles. The molecule has 0 radical (unpaired) electrons. The van der Waals surface area contributed by atoms with Crippen molar-refractivity contribution in [3.63, 3.8) is 0 Å². The molecular weight excluding hydrogens is 372 g/mol. The molecule has 1 saturated heterocycles. The second-order valence-corrected chi connectivity index (χ2v) is 8.15. The Hall–Kier alpha value is -2.64. The molecule has 4 rings (SSSR count). The first kappa shape index (κ1) is 18.7. The average Bonchev–Trinajstić information content (AvgIpc) is 3.08. The lowest BCUT2D eigenvalue weighted by Gasteiger charge is -2.29. The average molecular weight is 397 g/mol. The van der Waals surface area contributed by atoms with E-state index in [9.17, 15) is 4.79 Å². The van der Waals surface area contributed by atoms with Crippen LogP contribution in [-0.4, -0.2) is 43.2 Å². The number of hydrogen-bond acceptors (Lipinski definition) is 6. The third-order valence-corrected chi connectivity index (χ3v) is 5.72. The van der Waals surface area contributed by atoms with E-state index in [1.807, 2.05) is 56.3 Å². The summed E-state index contributed by atoms with van der Waals surface area (Å²) in [5.41, 5.74) is 3.86. The SMILES string of the molecule is Cc1nc2ccc(N[C@H](C)C(=O)Nc3ccc(N4CCOCC4)cc3)cc2s1. The minimum absolute atomic E-state index is 0.0697. The van der Waals surface area contributed by atoms with Crippen LogP contribution in [-0.2, 0) is 9.53 Å². The first-order valence-corrected chi connectivity index (χ1v) is 10.3. The molecule has 146 valence electrons. The Morgan fingerprint density at radius 1 is 1.14 bits per heavy atom. The lowest BCUT2D eigenvalue weighted by Crippen LogP contribution is -2.36. The zero-order chi connectivity index (χ0) is 19.5. The molecule has 6 nitrogen and oxygen atoms in total. The summed E-state index contributed by atoms with van der Waals surface area (Å²) in [4.78, 5) is 19.3. The number of anilines is 3. The lowest BCUT2D eigenvalue weighted by molar-refractivity contribution is -0.116. The zero-order valence-electron chi connectivity index (χ0n) is 16.1. The summed E-state index contributed by atoms with van der Waals surface area (Å²) < 4.78 is 6.51. The van der Waals surface area contributed by atoms with E-state index in [2.05, 4.69) is 20.5 Å². The van der Waals surface area contributed by atoms with Gasteiger partial charge in [-0.25, -0.2) is 4.98 Å². The maximum Gasteiger partial charge on any atom is 0.246 e. The molecule has 0 unspecified atom stereocenters. The third-order valence-electron chi connectivity index (χ3n) is 4.78. The summed E-state index contributed by atoms with van der Waals surface area (Å²) in [6.45, 7) is 7.17. The Morgan fingerprint density at radius 2 is 1.86 bits per heavy atom. The van der Waals surface area contributed by atoms with Gasteiger partial charge in [-0.2, -0.15) is 0 Å². The van der Waals surface area contributed by atoms with E-state index < -0.39 is 0 Å². The summed E-state index contributed by atoms with van der Waals surface area (Å²) in [7, 11) is 0. The van der Waals surface area contributed by atoms with Crippen LogP contribution in [0, 0.1) is 6.92 Å². The highest BCUT2D eigenvalue weighted by Crippen LogP contribution is 2.25. The van der Waals surface area contributed by atoms with Crippen LogP contribution < -0.4 is 15.5 Å². The van der Waals surface area contributed by atoms with Gasteiger partial charge in [0.2, 0.25) is 5.91 Å². The lowest BCUT2D eigenvalue weighted by atomic mass is 10.2. The molecule has 1 fully saturated rings. The molecule has 0 bridgehead atoms. The number of morpholine rings is 1. The van der Waals surface area contributed by atoms with Gasteiger partial charge in [0.05, 0.1) is 28.4 Å². The largest absolute Gasteiger partial charge is 0.378 e. The molecule has 1 aliphatic heterocycles. The van der Waals surface area contributed by atoms with E-state index in [1.165, 1.54) is 0 Å². The van der Waals surface area contributed by atoms with Crippen molar-refractivity contribution in [2.45, 2.75) is 19.9 Å². The number of hydrogen-bond donors (Lipinski definition) is 2. The molecule has 2 N–H and O–H groups in total. The van der Waals surface area contributed by atoms with Gasteiger partial charge in [0.1, 0.15) is 6.04 Å². The number of aryl methyl sites for hydroxylation is 1. The predicted molar refractivity (Wildman–Crippen MR) is 116 cm³/mol. The normalized spacial score (nSPS) is 15.4. The molecule has 7 heteroatoms. The molecule has 1 amide bonds. The van der Waals surface area contributed by atoms with E-state index in [4.69, 9.17) is 4.74 Å². The fourth-order valence-corrected chi connectivity index (χ4v) is 4.14. The summed E-state index contributed by atoms with van der Waals surface area (Å²) in [6, 6.07) is 13.6. The van der Waals surface area contributed by atoms with E-state index in [0.29, 0.717) is 0 Å². The molecule has 2 heterocycles. The molecule has 0 saturated carbocycles. The second-order valence-electron chi connectivity index (χ2n) is 6.92. The van der Waals surface area contributed by atoms with Crippen LogP contribution in [0.25, 0.3) is 10.2 Å². The smallest absolute Gasteiger partial charge is 0.246 e. The van der Waals surface area contributed by atoms with E-state index in [0.717, 1.165) is 58.6 Å². The van der Waals surface area contributed by atoms with E-state index >= 15 is 0 Å². The Bertz CT molecular complexity index is 964. The minimum atomic E-state index is -0.356. The molecule has 0 spiro atoms. The van der Waals surface area contributed by atoms with E-state index in [1.54, 1.807) is 11.3 Å². The van der Waals surface area contributed by atoms with Gasteiger partial charge >= 0.3 is 0 Å². The highest BCUT2D eigenvalue weighted by molar-refractivity contribution is 7.18. The number of benzene rings is 2. The van der Waals surface area contributed by atoms with Crippen LogP contribution in [0.5, 0.6) is 0 Å². The van der Waals surface area contributed by atoms with Crippen LogP contribution >= 0.6 is 11.3 Å². The molecular formula is C21H24N4O2S. The number of thiazole rings is 1. The van der Waals surface area contributed by atoms with Gasteiger partial charge in [0, 0.05) is 30.2 Å². The summed E-state index contributed by atoms with van der Waals surface area (Å²) in [5, 5.41) is 7.29. The van der Waals surface area contributed by atoms with Crippen molar-refractivity contribution in [3.05, 3.63) is 47.5 Å². The van der Waals surface area contributed by atoms with Crippen molar-refractivity contribution in [1.82, 2.24) is 4.98 Å². The van der Waals surface area contributed by atoms with Gasteiger partial charge in [-0.1, -0.05) is 0 Å². The van der Waals surface area contributed by atoms with Gasteiger partial charge in [-0.15, -0.1) is 11.3 Å². The monoisotopic (exact) mass is 396 g/mol. The molecule has 1 aliphatic rings. The number of carbonyl (C=O) groups excluding carboxylic acids is 1. The molecule has 28 heavy (non-hydrogen) atoms. The van der Waals surface area contributed by atoms with E-state index in [-0.39, 0.29) is 11.9 Å². The van der Waals surface area contributed by atoms with Gasteiger partial charge in [0.25, 0.3) is 0 Å². The van der Waals surface area contributed by atoms with Crippen LogP contribution in [0.2, 0.25) is 0 Å². The maximum atomic E-state index is 12.6. The highest BCUT2D eigenvalue weighted by atomic mass is 32.1. The number of nitrogens with zero attached hydrogens (tertiary/aromatic N) is 2. The number of rotatable bonds is 5. The van der Waals surface area contributed by atoms with Crippen LogP contribution in [0.15, 0.2) is 42.5 Å². The number of ether oxygens (including phenoxy) is 1. The van der Waals surface area contributed by atoms with Crippen molar-refractivity contribution < 1.29 is 9.53 Å². The number of nitrogens with one attached hydrogen (secondary N) is 2. The van der Waals surface area contributed by atoms with Gasteiger partial charge < -0.3 is 20.3 Å². The maximum absolute atomic E-state index is 12.6. The van der Waals surface area contributed by atoms with Gasteiger partial charge in [-0.3, -0.25) is 4.79 Å². The number of fused-ring (bicyclic) bond motifs is 1. The van der Waals surface area contributed by atoms with Crippen LogP contribution in [0.1, 0.15) is 11.9 Å². The summed E-state index contributed by atoms with van der Waals surface area (Å²) in [5.74, 6) is -0.0697. The zero-order valence-corrected chi connectivity index (χ0v) is 16.9. The molecule has 1 atom stereocenters. The molecule has 2 aromatic carbocycles. The topological polar surface area (TPSA) is 66.5 Å². The number of carbonyl (C=O) groups is 1. The van der Waals surface area contributed by atoms with Crippen molar-refractivity contribution in [1.29, 1.82) is 0 Å². The number of amides is 1. The Kier molecular flexibility index (Phi) is 5.45. The summed E-state index contributed by atoms with van der Waals surface area (Å²) in [6.07, 6.45) is 0. The standard InChI is InChI=1S/C21H24N4O2S/c1-14(22-17-5-8-19-20(13-17)28-15(2)23-19)21(26)24-16-3-6-18(7-4-16)25-9-11-27-12-10-25/h3-8,13-14,22H,9-12H2,1-2H3,(H,24,26)/t14-/m1/s1. The van der Waals surface area contributed by atoms with Crippen LogP contribution in [0.3, 0.4) is 0 Å². The van der Waals surface area contributed by atoms with Gasteiger partial charge in [0.15, 0.2) is 0 Å².